The number of halogens is 1. The average Bonchev–Trinajstić information content (AvgIpc) is 2.89. The third kappa shape index (κ3) is 5.87. The summed E-state index contributed by atoms with van der Waals surface area (Å²) < 4.78 is 0. The van der Waals surface area contributed by atoms with E-state index in [0.29, 0.717) is 0 Å². The predicted octanol–water partition coefficient (Wildman–Crippen LogP) is 3.89. The highest BCUT2D eigenvalue weighted by atomic mass is 127. The molecule has 5 heteroatoms. The van der Waals surface area contributed by atoms with Crippen LogP contribution in [0.3, 0.4) is 0 Å². The summed E-state index contributed by atoms with van der Waals surface area (Å²) in [5.74, 6) is 1.62. The molecule has 3 N–H and O–H groups in total. The number of para-hydroxylation sites is 1. The average molecular weight is 414 g/mol. The summed E-state index contributed by atoms with van der Waals surface area (Å²) in [6.45, 7) is 6.22. The van der Waals surface area contributed by atoms with Gasteiger partial charge in [-0.05, 0) is 36.3 Å². The minimum absolute atomic E-state index is 0. The van der Waals surface area contributed by atoms with Crippen LogP contribution in [0.2, 0.25) is 0 Å². The van der Waals surface area contributed by atoms with E-state index >= 15 is 0 Å². The Morgan fingerprint density at radius 3 is 2.68 bits per heavy atom. The molecule has 0 aliphatic heterocycles. The van der Waals surface area contributed by atoms with Crippen molar-refractivity contribution in [3.63, 3.8) is 0 Å². The second-order valence-corrected chi connectivity index (χ2v) is 5.77. The first-order valence-electron chi connectivity index (χ1n) is 7.70. The van der Waals surface area contributed by atoms with Crippen LogP contribution in [0, 0.1) is 5.92 Å². The van der Waals surface area contributed by atoms with Crippen LogP contribution in [0.25, 0.3) is 10.9 Å². The van der Waals surface area contributed by atoms with E-state index in [1.165, 1.54) is 29.4 Å². The fourth-order valence-electron chi connectivity index (χ4n) is 2.35. The number of aliphatic imine (C=N–C) groups is 1. The van der Waals surface area contributed by atoms with Crippen molar-refractivity contribution in [1.29, 1.82) is 0 Å². The lowest BCUT2D eigenvalue weighted by Gasteiger charge is -2.11. The predicted molar refractivity (Wildman–Crippen MR) is 106 cm³/mol. The summed E-state index contributed by atoms with van der Waals surface area (Å²) in [5.41, 5.74) is 2.34. The lowest BCUT2D eigenvalue weighted by atomic mass is 10.1. The summed E-state index contributed by atoms with van der Waals surface area (Å²) in [6, 6.07) is 10.5. The zero-order valence-corrected chi connectivity index (χ0v) is 16.0. The van der Waals surface area contributed by atoms with Gasteiger partial charge in [-0.1, -0.05) is 32.0 Å². The Balaban J connectivity index is 0.00000242. The number of nitrogens with zero attached hydrogens (tertiary/aromatic N) is 1. The molecule has 0 bridgehead atoms. The minimum Gasteiger partial charge on any atom is -0.357 e. The fourth-order valence-corrected chi connectivity index (χ4v) is 2.35. The SMILES string of the molecule is CN=C(NCCCC(C)C)NCc1cc2ccccc2[nH]1.I. The molecule has 2 rings (SSSR count). The van der Waals surface area contributed by atoms with Gasteiger partial charge in [-0.2, -0.15) is 0 Å². The van der Waals surface area contributed by atoms with Crippen LogP contribution in [0.15, 0.2) is 35.3 Å². The number of nitrogens with one attached hydrogen (secondary N) is 3. The molecule has 1 aromatic carbocycles. The number of guanidine groups is 1. The van der Waals surface area contributed by atoms with Crippen molar-refractivity contribution in [2.45, 2.75) is 33.2 Å². The first kappa shape index (κ1) is 18.8. The highest BCUT2D eigenvalue weighted by Gasteiger charge is 2.02. The molecule has 122 valence electrons. The highest BCUT2D eigenvalue weighted by Crippen LogP contribution is 2.14. The molecule has 1 aromatic heterocycles. The maximum Gasteiger partial charge on any atom is 0.191 e. The topological polar surface area (TPSA) is 52.2 Å². The van der Waals surface area contributed by atoms with Gasteiger partial charge in [0.1, 0.15) is 0 Å². The largest absolute Gasteiger partial charge is 0.357 e. The summed E-state index contributed by atoms with van der Waals surface area (Å²) in [7, 11) is 1.81. The maximum absolute atomic E-state index is 4.25. The number of hydrogen-bond acceptors (Lipinski definition) is 1. The maximum atomic E-state index is 4.25. The second-order valence-electron chi connectivity index (χ2n) is 5.77. The molecular weight excluding hydrogens is 387 g/mol. The standard InChI is InChI=1S/C17H26N4.HI/c1-13(2)7-6-10-19-17(18-3)20-12-15-11-14-8-4-5-9-16(14)21-15;/h4-5,8-9,11,13,21H,6-7,10,12H2,1-3H3,(H2,18,19,20);1H. The molecule has 0 radical (unpaired) electrons. The van der Waals surface area contributed by atoms with Crippen molar-refractivity contribution in [3.8, 4) is 0 Å². The molecule has 2 aromatic rings. The third-order valence-electron chi connectivity index (χ3n) is 3.51. The van der Waals surface area contributed by atoms with Gasteiger partial charge < -0.3 is 15.6 Å². The molecule has 22 heavy (non-hydrogen) atoms. The molecule has 0 unspecified atom stereocenters. The van der Waals surface area contributed by atoms with Crippen molar-refractivity contribution in [2.24, 2.45) is 10.9 Å². The number of hydrogen-bond donors (Lipinski definition) is 3. The molecule has 0 saturated carbocycles. The molecule has 0 aliphatic rings. The zero-order valence-electron chi connectivity index (χ0n) is 13.6. The van der Waals surface area contributed by atoms with E-state index in [1.807, 2.05) is 13.1 Å². The van der Waals surface area contributed by atoms with E-state index in [-0.39, 0.29) is 24.0 Å². The summed E-state index contributed by atoms with van der Waals surface area (Å²) in [6.07, 6.45) is 2.41. The van der Waals surface area contributed by atoms with Gasteiger partial charge in [0.2, 0.25) is 0 Å². The Labute approximate surface area is 150 Å². The van der Waals surface area contributed by atoms with Gasteiger partial charge >= 0.3 is 0 Å². The van der Waals surface area contributed by atoms with Crippen LogP contribution in [-0.4, -0.2) is 24.5 Å². The van der Waals surface area contributed by atoms with Crippen molar-refractivity contribution < 1.29 is 0 Å². The monoisotopic (exact) mass is 414 g/mol. The van der Waals surface area contributed by atoms with E-state index in [9.17, 15) is 0 Å². The summed E-state index contributed by atoms with van der Waals surface area (Å²) >= 11 is 0. The van der Waals surface area contributed by atoms with E-state index in [0.717, 1.165) is 25.0 Å². The van der Waals surface area contributed by atoms with Crippen LogP contribution < -0.4 is 10.6 Å². The van der Waals surface area contributed by atoms with E-state index < -0.39 is 0 Å². The molecule has 0 amide bonds. The van der Waals surface area contributed by atoms with E-state index in [2.05, 4.69) is 58.7 Å². The first-order valence-corrected chi connectivity index (χ1v) is 7.70. The molecule has 0 atom stereocenters. The second kappa shape index (κ2) is 9.71. The molecule has 0 spiro atoms. The van der Waals surface area contributed by atoms with Crippen LogP contribution in [0.1, 0.15) is 32.4 Å². The molecular formula is C17H27IN4. The minimum atomic E-state index is 0. The lowest BCUT2D eigenvalue weighted by molar-refractivity contribution is 0.549. The van der Waals surface area contributed by atoms with Gasteiger partial charge in [0.05, 0.1) is 6.54 Å². The highest BCUT2D eigenvalue weighted by molar-refractivity contribution is 14.0. The Morgan fingerprint density at radius 1 is 1.23 bits per heavy atom. The van der Waals surface area contributed by atoms with Crippen molar-refractivity contribution in [3.05, 3.63) is 36.0 Å². The van der Waals surface area contributed by atoms with E-state index in [1.54, 1.807) is 0 Å². The fraction of sp³-hybridized carbons (Fsp3) is 0.471. The summed E-state index contributed by atoms with van der Waals surface area (Å²) in [4.78, 5) is 7.67. The quantitative estimate of drug-likeness (QED) is 0.291. The first-order chi connectivity index (χ1) is 10.2. The van der Waals surface area contributed by atoms with Gasteiger partial charge in [0, 0.05) is 24.8 Å². The molecule has 0 fully saturated rings. The number of rotatable bonds is 6. The Bertz CT molecular complexity index is 556. The van der Waals surface area contributed by atoms with Crippen LogP contribution in [0.4, 0.5) is 0 Å². The normalized spacial score (nSPS) is 11.5. The molecule has 4 nitrogen and oxygen atoms in total. The zero-order chi connectivity index (χ0) is 15.1. The lowest BCUT2D eigenvalue weighted by Crippen LogP contribution is -2.37. The van der Waals surface area contributed by atoms with Crippen molar-refractivity contribution >= 4 is 40.8 Å². The molecule has 1 heterocycles. The third-order valence-corrected chi connectivity index (χ3v) is 3.51. The Hall–Kier alpha value is -1.24. The number of fused-ring (bicyclic) bond motifs is 1. The number of aromatic amines is 1. The number of aromatic nitrogens is 1. The van der Waals surface area contributed by atoms with Gasteiger partial charge in [-0.3, -0.25) is 4.99 Å². The van der Waals surface area contributed by atoms with Crippen molar-refractivity contribution in [1.82, 2.24) is 15.6 Å². The Kier molecular flexibility index (Phi) is 8.30. The van der Waals surface area contributed by atoms with Crippen molar-refractivity contribution in [2.75, 3.05) is 13.6 Å². The molecule has 0 saturated heterocycles. The van der Waals surface area contributed by atoms with Gasteiger partial charge in [0.15, 0.2) is 5.96 Å². The van der Waals surface area contributed by atoms with Crippen LogP contribution in [-0.2, 0) is 6.54 Å². The van der Waals surface area contributed by atoms with Crippen LogP contribution >= 0.6 is 24.0 Å². The number of H-pyrrole nitrogens is 1. The van der Waals surface area contributed by atoms with E-state index in [4.69, 9.17) is 0 Å². The molecule has 0 aliphatic carbocycles. The number of benzene rings is 1. The van der Waals surface area contributed by atoms with Gasteiger partial charge in [-0.15, -0.1) is 24.0 Å². The smallest absolute Gasteiger partial charge is 0.191 e. The Morgan fingerprint density at radius 2 is 2.00 bits per heavy atom. The summed E-state index contributed by atoms with van der Waals surface area (Å²) in [5, 5.41) is 7.94. The van der Waals surface area contributed by atoms with Gasteiger partial charge in [-0.25, -0.2) is 0 Å². The van der Waals surface area contributed by atoms with Gasteiger partial charge in [0.25, 0.3) is 0 Å². The van der Waals surface area contributed by atoms with Crippen LogP contribution in [0.5, 0.6) is 0 Å².